The third-order valence-corrected chi connectivity index (χ3v) is 6.36. The third-order valence-electron chi connectivity index (χ3n) is 6.36. The zero-order valence-corrected chi connectivity index (χ0v) is 16.7. The molecule has 0 bridgehead atoms. The van der Waals surface area contributed by atoms with Gasteiger partial charge in [-0.05, 0) is 0 Å². The first-order valence-corrected chi connectivity index (χ1v) is 11.2. The molecule has 3 heterocycles. The molecule has 2 aromatic rings. The molecule has 0 spiro atoms. The molecule has 1 saturated carbocycles. The standard InChI is InChI=1S/C21H32B2N4/c1-2-4-7-11-18(12-8-5-3-1)19-16-27(25-24-19)20-15-22-17-23-21(20)26-13-9-6-10-14-26/h15-18H,1-14H2. The van der Waals surface area contributed by atoms with E-state index in [-0.39, 0.29) is 0 Å². The topological polar surface area (TPSA) is 34.0 Å². The molecule has 0 radical (unpaired) electrons. The summed E-state index contributed by atoms with van der Waals surface area (Å²) in [6.45, 7) is 6.67. The summed E-state index contributed by atoms with van der Waals surface area (Å²) in [5.41, 5.74) is 3.68. The van der Waals surface area contributed by atoms with Gasteiger partial charge in [0.25, 0.3) is 0 Å². The number of hydrogen-bond acceptors (Lipinski definition) is 3. The van der Waals surface area contributed by atoms with Crippen LogP contribution in [0.5, 0.6) is 0 Å². The molecule has 4 nitrogen and oxygen atoms in total. The fourth-order valence-electron chi connectivity index (χ4n) is 4.75. The summed E-state index contributed by atoms with van der Waals surface area (Å²) in [5.74, 6) is 4.92. The minimum absolute atomic E-state index is 0.582. The van der Waals surface area contributed by atoms with Gasteiger partial charge in [-0.25, -0.2) is 0 Å². The zero-order valence-electron chi connectivity index (χ0n) is 16.7. The van der Waals surface area contributed by atoms with Crippen molar-refractivity contribution in [1.82, 2.24) is 15.0 Å². The average molecular weight is 362 g/mol. The first kappa shape index (κ1) is 18.9. The predicted molar refractivity (Wildman–Crippen MR) is 114 cm³/mol. The number of nitrogens with zero attached hydrogens (tertiary/aromatic N) is 4. The summed E-state index contributed by atoms with van der Waals surface area (Å²) in [5, 5.41) is 9.18. The van der Waals surface area contributed by atoms with E-state index in [1.54, 1.807) is 0 Å². The normalized spacial score (nSPS) is 20.2. The van der Waals surface area contributed by atoms with Crippen molar-refractivity contribution >= 4 is 19.4 Å². The van der Waals surface area contributed by atoms with Gasteiger partial charge in [0.1, 0.15) is 0 Å². The summed E-state index contributed by atoms with van der Waals surface area (Å²) >= 11 is 0. The van der Waals surface area contributed by atoms with E-state index in [0.717, 1.165) is 13.1 Å². The molecule has 1 aliphatic carbocycles. The van der Waals surface area contributed by atoms with E-state index < -0.39 is 0 Å². The van der Waals surface area contributed by atoms with Gasteiger partial charge in [0.2, 0.25) is 0 Å². The molecule has 2 fully saturated rings. The number of aromatic nitrogens is 3. The van der Waals surface area contributed by atoms with Gasteiger partial charge in [0, 0.05) is 0 Å². The number of rotatable bonds is 3. The van der Waals surface area contributed by atoms with Gasteiger partial charge in [0.15, 0.2) is 0 Å². The van der Waals surface area contributed by atoms with E-state index in [0.29, 0.717) is 5.92 Å². The van der Waals surface area contributed by atoms with Crippen LogP contribution in [-0.2, 0) is 0 Å². The molecule has 0 N–H and O–H groups in total. The quantitative estimate of drug-likeness (QED) is 0.804. The first-order chi connectivity index (χ1) is 13.4. The fourth-order valence-corrected chi connectivity index (χ4v) is 4.75. The molecule has 0 atom stereocenters. The molecule has 1 aliphatic heterocycles. The second-order valence-electron chi connectivity index (χ2n) is 8.37. The number of piperidine rings is 1. The Labute approximate surface area is 165 Å². The van der Waals surface area contributed by atoms with Gasteiger partial charge >= 0.3 is 165 Å². The Morgan fingerprint density at radius 1 is 0.852 bits per heavy atom. The van der Waals surface area contributed by atoms with Gasteiger partial charge in [0.05, 0.1) is 0 Å². The van der Waals surface area contributed by atoms with Crippen LogP contribution in [-0.4, -0.2) is 41.9 Å². The van der Waals surface area contributed by atoms with Gasteiger partial charge in [-0.3, -0.25) is 0 Å². The molecule has 0 amide bonds. The Morgan fingerprint density at radius 3 is 2.26 bits per heavy atom. The van der Waals surface area contributed by atoms with Crippen LogP contribution in [0.3, 0.4) is 0 Å². The molecule has 27 heavy (non-hydrogen) atoms. The Morgan fingerprint density at radius 2 is 1.52 bits per heavy atom. The number of hydrogen-bond donors (Lipinski definition) is 0. The molecule has 4 rings (SSSR count). The van der Waals surface area contributed by atoms with Gasteiger partial charge in [-0.15, -0.1) is 0 Å². The van der Waals surface area contributed by atoms with Crippen LogP contribution in [0.25, 0.3) is 5.69 Å². The molecule has 2 aromatic heterocycles. The SMILES string of the molecule is b1cbc(N2CCCCC2)c(-n2cc(C3CCCCCCCCC3)nn2)c1. The number of anilines is 1. The van der Waals surface area contributed by atoms with Crippen molar-refractivity contribution in [3.63, 3.8) is 0 Å². The maximum absolute atomic E-state index is 4.62. The van der Waals surface area contributed by atoms with E-state index in [2.05, 4.69) is 47.0 Å². The summed E-state index contributed by atoms with van der Waals surface area (Å²) in [6.07, 6.45) is 18.3. The minimum atomic E-state index is 0.582. The van der Waals surface area contributed by atoms with Crippen molar-refractivity contribution in [2.24, 2.45) is 0 Å². The Balaban J connectivity index is 1.53. The van der Waals surface area contributed by atoms with Crippen molar-refractivity contribution in [1.29, 1.82) is 0 Å². The van der Waals surface area contributed by atoms with Crippen LogP contribution in [0.15, 0.2) is 18.0 Å². The van der Waals surface area contributed by atoms with Crippen molar-refractivity contribution in [3.05, 3.63) is 23.7 Å². The van der Waals surface area contributed by atoms with E-state index in [1.165, 1.54) is 94.0 Å². The zero-order chi connectivity index (χ0) is 18.3. The summed E-state index contributed by atoms with van der Waals surface area (Å²) in [4.78, 5) is 2.52. The summed E-state index contributed by atoms with van der Waals surface area (Å²) in [7, 11) is 0. The van der Waals surface area contributed by atoms with Crippen molar-refractivity contribution in [2.75, 3.05) is 18.0 Å². The Hall–Kier alpha value is -1.45. The van der Waals surface area contributed by atoms with E-state index in [4.69, 9.17) is 0 Å². The predicted octanol–water partition coefficient (Wildman–Crippen LogP) is 4.54. The Kier molecular flexibility index (Phi) is 6.76. The third kappa shape index (κ3) is 4.89. The van der Waals surface area contributed by atoms with E-state index >= 15 is 0 Å². The van der Waals surface area contributed by atoms with Crippen molar-refractivity contribution < 1.29 is 0 Å². The molecule has 6 heteroatoms. The van der Waals surface area contributed by atoms with Crippen LogP contribution in [0.1, 0.15) is 88.7 Å². The van der Waals surface area contributed by atoms with E-state index in [1.807, 2.05) is 4.68 Å². The molecule has 2 aliphatic rings. The van der Waals surface area contributed by atoms with Crippen LogP contribution in [0.2, 0.25) is 0 Å². The summed E-state index contributed by atoms with van der Waals surface area (Å²) in [6, 6.07) is 0. The van der Waals surface area contributed by atoms with Gasteiger partial charge in [-0.2, -0.15) is 0 Å². The molecular weight excluding hydrogens is 330 g/mol. The second-order valence-corrected chi connectivity index (χ2v) is 8.37. The molecule has 142 valence electrons. The summed E-state index contributed by atoms with van der Waals surface area (Å²) < 4.78 is 2.03. The fraction of sp³-hybridized carbons (Fsp3) is 0.714. The molecule has 0 unspecified atom stereocenters. The maximum atomic E-state index is 4.62. The monoisotopic (exact) mass is 362 g/mol. The van der Waals surface area contributed by atoms with Crippen LogP contribution in [0.4, 0.5) is 5.58 Å². The second kappa shape index (κ2) is 9.66. The first-order valence-electron chi connectivity index (χ1n) is 11.2. The van der Waals surface area contributed by atoms with Crippen LogP contribution >= 0.6 is 0 Å². The van der Waals surface area contributed by atoms with E-state index in [9.17, 15) is 0 Å². The molecular formula is C21H32B2N4. The Bertz CT molecular complexity index is 702. The van der Waals surface area contributed by atoms with Crippen LogP contribution in [0, 0.1) is 0 Å². The molecule has 0 aromatic carbocycles. The van der Waals surface area contributed by atoms with Crippen molar-refractivity contribution in [2.45, 2.75) is 83.0 Å². The average Bonchev–Trinajstić information content (AvgIpc) is 3.22. The van der Waals surface area contributed by atoms with Gasteiger partial charge in [-0.1, -0.05) is 0 Å². The van der Waals surface area contributed by atoms with Gasteiger partial charge < -0.3 is 0 Å². The van der Waals surface area contributed by atoms with Crippen molar-refractivity contribution in [3.8, 4) is 5.69 Å². The van der Waals surface area contributed by atoms with Crippen LogP contribution < -0.4 is 4.90 Å². The molecule has 1 saturated heterocycles.